The van der Waals surface area contributed by atoms with Crippen molar-refractivity contribution in [3.8, 4) is 0 Å². The topological polar surface area (TPSA) is 43.9 Å². The molecule has 134 valence electrons. The monoisotopic (exact) mass is 373 g/mol. The van der Waals surface area contributed by atoms with Crippen molar-refractivity contribution in [3.63, 3.8) is 0 Å². The zero-order valence-electron chi connectivity index (χ0n) is 14.7. The third kappa shape index (κ3) is 6.67. The molecule has 0 atom stereocenters. The molecular weight excluding hydrogens is 349 g/mol. The molecule has 0 bridgehead atoms. The number of amides is 2. The second-order valence-electron chi connectivity index (χ2n) is 6.00. The van der Waals surface area contributed by atoms with Crippen LogP contribution >= 0.6 is 23.2 Å². The minimum absolute atomic E-state index is 0.0108. The summed E-state index contributed by atoms with van der Waals surface area (Å²) in [6.45, 7) is 3.62. The van der Waals surface area contributed by atoms with Gasteiger partial charge >= 0.3 is 0 Å². The van der Waals surface area contributed by atoms with Gasteiger partial charge in [0.15, 0.2) is 0 Å². The zero-order valence-corrected chi connectivity index (χ0v) is 16.2. The van der Waals surface area contributed by atoms with Crippen molar-refractivity contribution in [1.82, 2.24) is 14.7 Å². The summed E-state index contributed by atoms with van der Waals surface area (Å²) in [6, 6.07) is 5.32. The Kier molecular flexibility index (Phi) is 8.53. The molecule has 1 rings (SSSR count). The largest absolute Gasteiger partial charge is 0.348 e. The van der Waals surface area contributed by atoms with E-state index in [-0.39, 0.29) is 24.9 Å². The molecule has 0 heterocycles. The summed E-state index contributed by atoms with van der Waals surface area (Å²) in [7, 11) is 5.16. The number of carbonyl (C=O) groups excluding carboxylic acids is 2. The smallest absolute Gasteiger partial charge is 0.236 e. The molecule has 0 saturated carbocycles. The lowest BCUT2D eigenvalue weighted by molar-refractivity contribution is -0.134. The molecule has 0 N–H and O–H groups in total. The average molecular weight is 374 g/mol. The van der Waals surface area contributed by atoms with Crippen molar-refractivity contribution in [2.24, 2.45) is 0 Å². The Morgan fingerprint density at radius 1 is 1.00 bits per heavy atom. The molecular formula is C17H25Cl2N3O2. The van der Waals surface area contributed by atoms with Crippen molar-refractivity contribution >= 4 is 35.0 Å². The van der Waals surface area contributed by atoms with Gasteiger partial charge in [-0.25, -0.2) is 0 Å². The molecule has 0 saturated heterocycles. The van der Waals surface area contributed by atoms with Crippen molar-refractivity contribution in [2.45, 2.75) is 19.9 Å². The fourth-order valence-electron chi connectivity index (χ4n) is 2.17. The van der Waals surface area contributed by atoms with Crippen LogP contribution < -0.4 is 0 Å². The molecule has 24 heavy (non-hydrogen) atoms. The summed E-state index contributed by atoms with van der Waals surface area (Å²) >= 11 is 11.9. The molecule has 0 fully saturated rings. The molecule has 1 aromatic rings. The molecule has 0 aliphatic carbocycles. The second kappa shape index (κ2) is 9.87. The Morgan fingerprint density at radius 2 is 1.62 bits per heavy atom. The number of likely N-dealkylation sites (N-methyl/N-ethyl adjacent to an activating group) is 2. The van der Waals surface area contributed by atoms with Gasteiger partial charge in [0.2, 0.25) is 11.8 Å². The molecule has 0 unspecified atom stereocenters. The lowest BCUT2D eigenvalue weighted by Crippen LogP contribution is -2.43. The summed E-state index contributed by atoms with van der Waals surface area (Å²) in [6.07, 6.45) is 0.879. The van der Waals surface area contributed by atoms with Gasteiger partial charge in [-0.15, -0.1) is 0 Å². The average Bonchev–Trinajstić information content (AvgIpc) is 2.50. The highest BCUT2D eigenvalue weighted by Crippen LogP contribution is 2.23. The van der Waals surface area contributed by atoms with Gasteiger partial charge < -0.3 is 9.80 Å². The first-order chi connectivity index (χ1) is 11.2. The normalized spacial score (nSPS) is 10.8. The predicted molar refractivity (Wildman–Crippen MR) is 98.4 cm³/mol. The van der Waals surface area contributed by atoms with E-state index in [1.54, 1.807) is 38.2 Å². The number of carbonyl (C=O) groups is 2. The van der Waals surface area contributed by atoms with Crippen LogP contribution in [0, 0.1) is 0 Å². The molecule has 5 nitrogen and oxygen atoms in total. The minimum Gasteiger partial charge on any atom is -0.348 e. The first-order valence-corrected chi connectivity index (χ1v) is 8.60. The van der Waals surface area contributed by atoms with Gasteiger partial charge in [0.05, 0.1) is 23.1 Å². The van der Waals surface area contributed by atoms with E-state index < -0.39 is 0 Å². The van der Waals surface area contributed by atoms with Gasteiger partial charge in [0.1, 0.15) is 0 Å². The number of nitrogens with zero attached hydrogens (tertiary/aromatic N) is 3. The molecule has 0 radical (unpaired) electrons. The molecule has 7 heteroatoms. The third-order valence-electron chi connectivity index (χ3n) is 3.59. The van der Waals surface area contributed by atoms with Gasteiger partial charge in [-0.3, -0.25) is 14.5 Å². The van der Waals surface area contributed by atoms with Crippen LogP contribution in [0.2, 0.25) is 10.0 Å². The summed E-state index contributed by atoms with van der Waals surface area (Å²) < 4.78 is 0. The number of benzene rings is 1. The van der Waals surface area contributed by atoms with Gasteiger partial charge in [-0.2, -0.15) is 0 Å². The van der Waals surface area contributed by atoms with E-state index in [1.807, 2.05) is 17.9 Å². The maximum absolute atomic E-state index is 12.4. The third-order valence-corrected chi connectivity index (χ3v) is 4.32. The number of hydrogen-bond donors (Lipinski definition) is 0. The fraction of sp³-hybridized carbons (Fsp3) is 0.529. The van der Waals surface area contributed by atoms with Crippen molar-refractivity contribution in [3.05, 3.63) is 33.8 Å². The van der Waals surface area contributed by atoms with Crippen molar-refractivity contribution in [1.29, 1.82) is 0 Å². The van der Waals surface area contributed by atoms with Crippen LogP contribution in [0.25, 0.3) is 0 Å². The van der Waals surface area contributed by atoms with Gasteiger partial charge in [0.25, 0.3) is 0 Å². The Bertz CT molecular complexity index is 579. The van der Waals surface area contributed by atoms with Crippen LogP contribution in [-0.2, 0) is 16.1 Å². The van der Waals surface area contributed by atoms with E-state index in [2.05, 4.69) is 0 Å². The van der Waals surface area contributed by atoms with Crippen LogP contribution in [0.15, 0.2) is 18.2 Å². The maximum atomic E-state index is 12.4. The number of rotatable bonds is 8. The highest BCUT2D eigenvalue weighted by molar-refractivity contribution is 6.42. The molecule has 0 aromatic heterocycles. The van der Waals surface area contributed by atoms with Gasteiger partial charge in [-0.1, -0.05) is 36.2 Å². The zero-order chi connectivity index (χ0) is 18.3. The Morgan fingerprint density at radius 3 is 2.17 bits per heavy atom. The number of halogens is 2. The Balaban J connectivity index is 2.65. The van der Waals surface area contributed by atoms with E-state index in [4.69, 9.17) is 23.2 Å². The van der Waals surface area contributed by atoms with Crippen molar-refractivity contribution in [2.75, 3.05) is 40.8 Å². The quantitative estimate of drug-likeness (QED) is 0.703. The van der Waals surface area contributed by atoms with Gasteiger partial charge in [0, 0.05) is 27.7 Å². The van der Waals surface area contributed by atoms with Crippen LogP contribution in [0.3, 0.4) is 0 Å². The molecule has 0 aliphatic heterocycles. The summed E-state index contributed by atoms with van der Waals surface area (Å²) in [5.41, 5.74) is 0.909. The lowest BCUT2D eigenvalue weighted by atomic mass is 10.2. The molecule has 2 amide bonds. The van der Waals surface area contributed by atoms with Crippen molar-refractivity contribution < 1.29 is 9.59 Å². The van der Waals surface area contributed by atoms with E-state index in [1.165, 1.54) is 4.90 Å². The minimum atomic E-state index is -0.0407. The molecule has 0 aliphatic rings. The summed E-state index contributed by atoms with van der Waals surface area (Å²) in [5, 5.41) is 0.963. The Labute approximate surface area is 154 Å². The van der Waals surface area contributed by atoms with Crippen LogP contribution in [-0.4, -0.2) is 67.3 Å². The van der Waals surface area contributed by atoms with Crippen LogP contribution in [0.4, 0.5) is 0 Å². The molecule has 1 aromatic carbocycles. The standard InChI is InChI=1S/C17H25Cl2N3O2/c1-5-8-22(11-16(23)20(2)3)12-17(24)21(4)10-13-6-7-14(18)15(19)9-13/h6-7,9H,5,8,10-12H2,1-4H3. The van der Waals surface area contributed by atoms with E-state index in [0.29, 0.717) is 23.1 Å². The number of hydrogen-bond acceptors (Lipinski definition) is 3. The predicted octanol–water partition coefficient (Wildman–Crippen LogP) is 2.75. The molecule has 0 spiro atoms. The fourth-order valence-corrected chi connectivity index (χ4v) is 2.50. The maximum Gasteiger partial charge on any atom is 0.236 e. The first-order valence-electron chi connectivity index (χ1n) is 7.85. The van der Waals surface area contributed by atoms with Gasteiger partial charge in [-0.05, 0) is 30.7 Å². The van der Waals surface area contributed by atoms with E-state index in [0.717, 1.165) is 12.0 Å². The first kappa shape index (κ1) is 20.7. The highest BCUT2D eigenvalue weighted by atomic mass is 35.5. The van der Waals surface area contributed by atoms with Crippen LogP contribution in [0.1, 0.15) is 18.9 Å². The van der Waals surface area contributed by atoms with Crippen LogP contribution in [0.5, 0.6) is 0 Å². The van der Waals surface area contributed by atoms with E-state index >= 15 is 0 Å². The van der Waals surface area contributed by atoms with E-state index in [9.17, 15) is 9.59 Å². The highest BCUT2D eigenvalue weighted by Gasteiger charge is 2.18. The summed E-state index contributed by atoms with van der Waals surface area (Å²) in [4.78, 5) is 29.3. The lowest BCUT2D eigenvalue weighted by Gasteiger charge is -2.25. The Hall–Kier alpha value is -1.30. The SMILES string of the molecule is CCCN(CC(=O)N(C)C)CC(=O)N(C)Cc1ccc(Cl)c(Cl)c1. The summed E-state index contributed by atoms with van der Waals surface area (Å²) in [5.74, 6) is -0.0514. The second-order valence-corrected chi connectivity index (χ2v) is 6.81.